The number of nitrogens with zero attached hydrogens (tertiary/aromatic N) is 1. The van der Waals surface area contributed by atoms with Crippen molar-refractivity contribution in [2.75, 3.05) is 13.6 Å². The van der Waals surface area contributed by atoms with Crippen LogP contribution in [0.5, 0.6) is 11.5 Å². The maximum atomic E-state index is 10.0. The highest BCUT2D eigenvalue weighted by molar-refractivity contribution is 5.42. The molecule has 3 nitrogen and oxygen atoms in total. The Morgan fingerprint density at radius 2 is 1.81 bits per heavy atom. The van der Waals surface area contributed by atoms with E-state index in [9.17, 15) is 5.11 Å². The molecule has 3 heteroatoms. The molecule has 0 spiro atoms. The monoisotopic (exact) mass is 363 g/mol. The van der Waals surface area contributed by atoms with Gasteiger partial charge in [-0.15, -0.1) is 0 Å². The Kier molecular flexibility index (Phi) is 7.52. The summed E-state index contributed by atoms with van der Waals surface area (Å²) in [7, 11) is 2.05. The second-order valence-electron chi connectivity index (χ2n) is 7.69. The predicted octanol–water partition coefficient (Wildman–Crippen LogP) is 5.01. The molecule has 0 heterocycles. The number of ether oxygens (including phenoxy) is 1. The van der Waals surface area contributed by atoms with E-state index < -0.39 is 0 Å². The SMILES string of the molecule is CN(C/C=C/C#CC(C)(C)C)Cc1ccc(O)c(OCc2ccccc2)c1. The Balaban J connectivity index is 1.90. The predicted molar refractivity (Wildman–Crippen MR) is 112 cm³/mol. The van der Waals surface area contributed by atoms with Crippen LogP contribution in [0.2, 0.25) is 0 Å². The molecule has 0 aliphatic heterocycles. The fraction of sp³-hybridized carbons (Fsp3) is 0.333. The van der Waals surface area contributed by atoms with Crippen molar-refractivity contribution in [2.24, 2.45) is 5.41 Å². The van der Waals surface area contributed by atoms with Gasteiger partial charge in [0, 0.05) is 18.5 Å². The number of phenols is 1. The lowest BCUT2D eigenvalue weighted by atomic mass is 9.98. The summed E-state index contributed by atoms with van der Waals surface area (Å²) in [5, 5.41) is 10.0. The first-order valence-electron chi connectivity index (χ1n) is 9.18. The summed E-state index contributed by atoms with van der Waals surface area (Å²) in [6, 6.07) is 15.4. The second kappa shape index (κ2) is 9.85. The zero-order chi connectivity index (χ0) is 19.7. The van der Waals surface area contributed by atoms with Gasteiger partial charge >= 0.3 is 0 Å². The first kappa shape index (κ1) is 20.6. The molecule has 27 heavy (non-hydrogen) atoms. The molecule has 0 saturated carbocycles. The van der Waals surface area contributed by atoms with Crippen LogP contribution in [-0.2, 0) is 13.2 Å². The van der Waals surface area contributed by atoms with Gasteiger partial charge in [0.15, 0.2) is 11.5 Å². The molecule has 142 valence electrons. The number of aromatic hydroxyl groups is 1. The van der Waals surface area contributed by atoms with Gasteiger partial charge < -0.3 is 9.84 Å². The van der Waals surface area contributed by atoms with Gasteiger partial charge in [-0.1, -0.05) is 54.3 Å². The van der Waals surface area contributed by atoms with E-state index >= 15 is 0 Å². The molecule has 2 aromatic carbocycles. The van der Waals surface area contributed by atoms with Gasteiger partial charge in [0.25, 0.3) is 0 Å². The number of hydrogen-bond donors (Lipinski definition) is 1. The summed E-state index contributed by atoms with van der Waals surface area (Å²) in [5.74, 6) is 6.94. The van der Waals surface area contributed by atoms with Crippen LogP contribution in [0.25, 0.3) is 0 Å². The molecule has 0 bridgehead atoms. The van der Waals surface area contributed by atoms with E-state index in [2.05, 4.69) is 50.6 Å². The molecule has 0 atom stereocenters. The second-order valence-corrected chi connectivity index (χ2v) is 7.69. The van der Waals surface area contributed by atoms with Gasteiger partial charge in [-0.05, 0) is 57.2 Å². The first-order valence-corrected chi connectivity index (χ1v) is 9.18. The zero-order valence-electron chi connectivity index (χ0n) is 16.7. The first-order chi connectivity index (χ1) is 12.8. The average molecular weight is 364 g/mol. The number of likely N-dealkylation sites (N-methyl/N-ethyl adjacent to an activating group) is 1. The molecule has 0 saturated heterocycles. The molecule has 2 aromatic rings. The van der Waals surface area contributed by atoms with Crippen molar-refractivity contribution in [2.45, 2.75) is 33.9 Å². The van der Waals surface area contributed by atoms with Gasteiger partial charge in [-0.3, -0.25) is 4.90 Å². The highest BCUT2D eigenvalue weighted by atomic mass is 16.5. The van der Waals surface area contributed by atoms with Crippen molar-refractivity contribution >= 4 is 0 Å². The lowest BCUT2D eigenvalue weighted by Gasteiger charge is -2.16. The molecule has 0 aliphatic rings. The van der Waals surface area contributed by atoms with Crippen LogP contribution in [0.15, 0.2) is 60.7 Å². The molecule has 0 amide bonds. The Morgan fingerprint density at radius 3 is 2.52 bits per heavy atom. The molecule has 2 rings (SSSR count). The topological polar surface area (TPSA) is 32.7 Å². The maximum Gasteiger partial charge on any atom is 0.161 e. The van der Waals surface area contributed by atoms with Gasteiger partial charge in [0.2, 0.25) is 0 Å². The van der Waals surface area contributed by atoms with Crippen molar-refractivity contribution in [1.82, 2.24) is 4.90 Å². The third kappa shape index (κ3) is 8.02. The molecule has 0 radical (unpaired) electrons. The van der Waals surface area contributed by atoms with Crippen molar-refractivity contribution in [1.29, 1.82) is 0 Å². The van der Waals surface area contributed by atoms with Crippen molar-refractivity contribution in [3.05, 3.63) is 71.8 Å². The minimum Gasteiger partial charge on any atom is -0.504 e. The fourth-order valence-electron chi connectivity index (χ4n) is 2.43. The summed E-state index contributed by atoms with van der Waals surface area (Å²) in [5.41, 5.74) is 2.19. The summed E-state index contributed by atoms with van der Waals surface area (Å²) in [6.45, 7) is 8.30. The van der Waals surface area contributed by atoms with Crippen LogP contribution in [-0.4, -0.2) is 23.6 Å². The van der Waals surface area contributed by atoms with Crippen LogP contribution in [0.4, 0.5) is 0 Å². The quantitative estimate of drug-likeness (QED) is 0.702. The third-order valence-corrected chi connectivity index (χ3v) is 3.78. The van der Waals surface area contributed by atoms with E-state index in [0.717, 1.165) is 24.2 Å². The fourth-order valence-corrected chi connectivity index (χ4v) is 2.43. The van der Waals surface area contributed by atoms with Gasteiger partial charge in [-0.2, -0.15) is 0 Å². The van der Waals surface area contributed by atoms with Crippen LogP contribution in [0, 0.1) is 17.3 Å². The third-order valence-electron chi connectivity index (χ3n) is 3.78. The summed E-state index contributed by atoms with van der Waals surface area (Å²) >= 11 is 0. The van der Waals surface area contributed by atoms with Crippen molar-refractivity contribution < 1.29 is 9.84 Å². The number of hydrogen-bond acceptors (Lipinski definition) is 3. The molecule has 0 unspecified atom stereocenters. The maximum absolute atomic E-state index is 10.0. The lowest BCUT2D eigenvalue weighted by molar-refractivity contribution is 0.287. The number of allylic oxidation sites excluding steroid dienone is 1. The van der Waals surface area contributed by atoms with Crippen molar-refractivity contribution in [3.8, 4) is 23.3 Å². The molecule has 0 fully saturated rings. The van der Waals surface area contributed by atoms with Crippen LogP contribution < -0.4 is 4.74 Å². The van der Waals surface area contributed by atoms with E-state index in [1.165, 1.54) is 0 Å². The molecular weight excluding hydrogens is 334 g/mol. The van der Waals surface area contributed by atoms with E-state index in [1.807, 2.05) is 48.5 Å². The van der Waals surface area contributed by atoms with Crippen LogP contribution >= 0.6 is 0 Å². The van der Waals surface area contributed by atoms with Crippen LogP contribution in [0.1, 0.15) is 31.9 Å². The minimum atomic E-state index is 0.0262. The smallest absolute Gasteiger partial charge is 0.161 e. The van der Waals surface area contributed by atoms with Crippen molar-refractivity contribution in [3.63, 3.8) is 0 Å². The van der Waals surface area contributed by atoms with E-state index in [4.69, 9.17) is 4.74 Å². The van der Waals surface area contributed by atoms with E-state index in [1.54, 1.807) is 6.07 Å². The molecular formula is C24H29NO2. The number of rotatable bonds is 7. The molecule has 1 N–H and O–H groups in total. The van der Waals surface area contributed by atoms with Gasteiger partial charge in [-0.25, -0.2) is 0 Å². The summed E-state index contributed by atoms with van der Waals surface area (Å²) in [4.78, 5) is 2.18. The highest BCUT2D eigenvalue weighted by Crippen LogP contribution is 2.28. The standard InChI is InChI=1S/C24H29NO2/c1-24(2,3)15-9-6-10-16-25(4)18-21-13-14-22(26)23(17-21)27-19-20-11-7-5-8-12-20/h5-8,10-14,17,26H,16,18-19H2,1-4H3/b10-6+. The van der Waals surface area contributed by atoms with Crippen LogP contribution in [0.3, 0.4) is 0 Å². The largest absolute Gasteiger partial charge is 0.504 e. The van der Waals surface area contributed by atoms with E-state index in [-0.39, 0.29) is 11.2 Å². The Labute approximate surface area is 163 Å². The zero-order valence-corrected chi connectivity index (χ0v) is 16.7. The molecule has 0 aromatic heterocycles. The lowest BCUT2D eigenvalue weighted by Crippen LogP contribution is -2.17. The van der Waals surface area contributed by atoms with Gasteiger partial charge in [0.05, 0.1) is 0 Å². The normalized spacial score (nSPS) is 11.4. The average Bonchev–Trinajstić information content (AvgIpc) is 2.62. The Hall–Kier alpha value is -2.70. The van der Waals surface area contributed by atoms with Gasteiger partial charge in [0.1, 0.15) is 6.61 Å². The Bertz CT molecular complexity index is 808. The number of benzene rings is 2. The summed E-state index contributed by atoms with van der Waals surface area (Å²) < 4.78 is 5.79. The Morgan fingerprint density at radius 1 is 1.07 bits per heavy atom. The summed E-state index contributed by atoms with van der Waals surface area (Å²) in [6.07, 6.45) is 3.97. The van der Waals surface area contributed by atoms with E-state index in [0.29, 0.717) is 12.4 Å². The number of phenolic OH excluding ortho intramolecular Hbond substituents is 1. The highest BCUT2D eigenvalue weighted by Gasteiger charge is 2.06. The minimum absolute atomic E-state index is 0.0262. The molecule has 0 aliphatic carbocycles.